The highest BCUT2D eigenvalue weighted by atomic mass is 35.5. The van der Waals surface area contributed by atoms with E-state index in [9.17, 15) is 4.79 Å². The molecule has 1 N–H and O–H groups in total. The minimum Gasteiger partial charge on any atom is -0.481 e. The summed E-state index contributed by atoms with van der Waals surface area (Å²) < 4.78 is 0.731. The van der Waals surface area contributed by atoms with Crippen LogP contribution in [-0.2, 0) is 4.79 Å². The van der Waals surface area contributed by atoms with Gasteiger partial charge in [-0.2, -0.15) is 0 Å². The smallest absolute Gasteiger partial charge is 0.307 e. The van der Waals surface area contributed by atoms with Crippen molar-refractivity contribution in [2.24, 2.45) is 0 Å². The van der Waals surface area contributed by atoms with Crippen LogP contribution in [0.1, 0.15) is 24.6 Å². The summed E-state index contributed by atoms with van der Waals surface area (Å²) in [5.74, 6) is -0.807. The predicted octanol–water partition coefficient (Wildman–Crippen LogP) is 3.67. The van der Waals surface area contributed by atoms with Crippen LogP contribution in [0.5, 0.6) is 0 Å². The average molecular weight is 231 g/mol. The van der Waals surface area contributed by atoms with Crippen LogP contribution >= 0.6 is 22.9 Å². The summed E-state index contributed by atoms with van der Waals surface area (Å²) >= 11 is 7.28. The van der Waals surface area contributed by atoms with E-state index in [0.29, 0.717) is 0 Å². The Morgan fingerprint density at radius 3 is 2.79 bits per heavy atom. The van der Waals surface area contributed by atoms with Crippen molar-refractivity contribution >= 4 is 34.5 Å². The van der Waals surface area contributed by atoms with Gasteiger partial charge in [-0.15, -0.1) is 11.3 Å². The summed E-state index contributed by atoms with van der Waals surface area (Å²) in [5, 5.41) is 8.54. The monoisotopic (exact) mass is 230 g/mol. The lowest BCUT2D eigenvalue weighted by Crippen LogP contribution is -1.91. The number of rotatable bonds is 4. The Hall–Kier alpha value is -0.800. The van der Waals surface area contributed by atoms with Gasteiger partial charge in [0, 0.05) is 4.88 Å². The lowest BCUT2D eigenvalue weighted by atomic mass is 10.1. The van der Waals surface area contributed by atoms with Crippen LogP contribution in [-0.4, -0.2) is 11.1 Å². The molecule has 1 aromatic heterocycles. The molecule has 1 aromatic rings. The van der Waals surface area contributed by atoms with Gasteiger partial charge in [-0.25, -0.2) is 0 Å². The maximum Gasteiger partial charge on any atom is 0.307 e. The number of halogens is 1. The fraction of sp³-hybridized carbons (Fsp3) is 0.300. The summed E-state index contributed by atoms with van der Waals surface area (Å²) in [4.78, 5) is 11.4. The standard InChI is InChI=1S/C10H11ClO2S/c1-2-7(3-6-10(12)13)8-4-5-9(11)14-8/h3-5H,2,6H2,1H3,(H,12,13)/b7-3+. The van der Waals surface area contributed by atoms with E-state index >= 15 is 0 Å². The quantitative estimate of drug-likeness (QED) is 0.857. The largest absolute Gasteiger partial charge is 0.481 e. The predicted molar refractivity (Wildman–Crippen MR) is 59.8 cm³/mol. The highest BCUT2D eigenvalue weighted by molar-refractivity contribution is 7.17. The number of hydrogen-bond acceptors (Lipinski definition) is 2. The van der Waals surface area contributed by atoms with Gasteiger partial charge in [-0.05, 0) is 24.1 Å². The first-order valence-corrected chi connectivity index (χ1v) is 5.49. The number of carbonyl (C=O) groups is 1. The summed E-state index contributed by atoms with van der Waals surface area (Å²) in [6, 6.07) is 3.75. The van der Waals surface area contributed by atoms with Gasteiger partial charge in [0.1, 0.15) is 0 Å². The Bertz CT molecular complexity index is 355. The second-order valence-corrected chi connectivity index (χ2v) is 4.50. The highest BCUT2D eigenvalue weighted by Gasteiger charge is 2.03. The van der Waals surface area contributed by atoms with Gasteiger partial charge in [0.25, 0.3) is 0 Å². The topological polar surface area (TPSA) is 37.3 Å². The van der Waals surface area contributed by atoms with E-state index in [0.717, 1.165) is 21.2 Å². The van der Waals surface area contributed by atoms with Gasteiger partial charge in [-0.1, -0.05) is 24.6 Å². The SMILES string of the molecule is CC/C(=C\CC(=O)O)c1ccc(Cl)s1. The van der Waals surface area contributed by atoms with Crippen LogP contribution in [0.3, 0.4) is 0 Å². The molecule has 0 amide bonds. The van der Waals surface area contributed by atoms with Crippen molar-refractivity contribution < 1.29 is 9.90 Å². The molecule has 0 aliphatic rings. The molecule has 14 heavy (non-hydrogen) atoms. The Morgan fingerprint density at radius 2 is 2.36 bits per heavy atom. The van der Waals surface area contributed by atoms with Gasteiger partial charge in [0.15, 0.2) is 0 Å². The second kappa shape index (κ2) is 5.17. The van der Waals surface area contributed by atoms with Gasteiger partial charge in [0.2, 0.25) is 0 Å². The third-order valence-corrected chi connectivity index (χ3v) is 3.10. The molecular formula is C10H11ClO2S. The molecule has 0 atom stereocenters. The molecule has 0 aromatic carbocycles. The zero-order valence-corrected chi connectivity index (χ0v) is 9.36. The molecule has 0 fully saturated rings. The molecule has 0 radical (unpaired) electrons. The fourth-order valence-electron chi connectivity index (χ4n) is 1.12. The molecule has 2 nitrogen and oxygen atoms in total. The van der Waals surface area contributed by atoms with Crippen LogP contribution < -0.4 is 0 Å². The summed E-state index contributed by atoms with van der Waals surface area (Å²) in [6.45, 7) is 2.00. The van der Waals surface area contributed by atoms with E-state index in [2.05, 4.69) is 0 Å². The number of aliphatic carboxylic acids is 1. The molecule has 76 valence electrons. The first-order chi connectivity index (χ1) is 6.63. The second-order valence-electron chi connectivity index (χ2n) is 2.78. The molecule has 0 spiro atoms. The van der Waals surface area contributed by atoms with Crippen LogP contribution in [0.4, 0.5) is 0 Å². The van der Waals surface area contributed by atoms with Gasteiger partial charge in [-0.3, -0.25) is 4.79 Å². The number of allylic oxidation sites excluding steroid dienone is 1. The Labute approximate surface area is 91.8 Å². The fourth-order valence-corrected chi connectivity index (χ4v) is 2.27. The molecule has 0 aliphatic heterocycles. The summed E-state index contributed by atoms with van der Waals surface area (Å²) in [5.41, 5.74) is 1.05. The highest BCUT2D eigenvalue weighted by Crippen LogP contribution is 2.29. The lowest BCUT2D eigenvalue weighted by Gasteiger charge is -1.99. The Kier molecular flexibility index (Phi) is 4.17. The van der Waals surface area contributed by atoms with Crippen molar-refractivity contribution in [3.63, 3.8) is 0 Å². The van der Waals surface area contributed by atoms with Gasteiger partial charge >= 0.3 is 5.97 Å². The van der Waals surface area contributed by atoms with E-state index in [-0.39, 0.29) is 6.42 Å². The third-order valence-electron chi connectivity index (χ3n) is 1.79. The van der Waals surface area contributed by atoms with Crippen molar-refractivity contribution in [2.45, 2.75) is 19.8 Å². The normalized spacial score (nSPS) is 11.7. The van der Waals surface area contributed by atoms with E-state index in [1.807, 2.05) is 19.1 Å². The number of carboxylic acids is 1. The van der Waals surface area contributed by atoms with Crippen molar-refractivity contribution in [3.05, 3.63) is 27.4 Å². The zero-order valence-electron chi connectivity index (χ0n) is 7.79. The molecule has 4 heteroatoms. The first-order valence-electron chi connectivity index (χ1n) is 4.30. The molecule has 1 rings (SSSR count). The Balaban J connectivity index is 2.81. The third kappa shape index (κ3) is 3.16. The van der Waals surface area contributed by atoms with Crippen LogP contribution in [0.25, 0.3) is 5.57 Å². The lowest BCUT2D eigenvalue weighted by molar-refractivity contribution is -0.135. The molecular weight excluding hydrogens is 220 g/mol. The maximum atomic E-state index is 10.4. The molecule has 1 heterocycles. The number of thiophene rings is 1. The molecule has 0 unspecified atom stereocenters. The van der Waals surface area contributed by atoms with Crippen molar-refractivity contribution in [3.8, 4) is 0 Å². The molecule has 0 saturated heterocycles. The molecule has 0 bridgehead atoms. The molecule has 0 aliphatic carbocycles. The first kappa shape index (κ1) is 11.3. The van der Waals surface area contributed by atoms with Crippen molar-refractivity contribution in [2.75, 3.05) is 0 Å². The zero-order chi connectivity index (χ0) is 10.6. The number of carboxylic acid groups (broad SMARTS) is 1. The van der Waals surface area contributed by atoms with E-state index < -0.39 is 5.97 Å². The van der Waals surface area contributed by atoms with Crippen LogP contribution in [0, 0.1) is 0 Å². The van der Waals surface area contributed by atoms with Gasteiger partial charge < -0.3 is 5.11 Å². The van der Waals surface area contributed by atoms with Crippen molar-refractivity contribution in [1.29, 1.82) is 0 Å². The summed E-state index contributed by atoms with van der Waals surface area (Å²) in [7, 11) is 0. The summed E-state index contributed by atoms with van der Waals surface area (Å²) in [6.07, 6.45) is 2.63. The Morgan fingerprint density at radius 1 is 1.64 bits per heavy atom. The minimum atomic E-state index is -0.807. The van der Waals surface area contributed by atoms with Crippen LogP contribution in [0.2, 0.25) is 4.34 Å². The van der Waals surface area contributed by atoms with Crippen LogP contribution in [0.15, 0.2) is 18.2 Å². The minimum absolute atomic E-state index is 0.0681. The maximum absolute atomic E-state index is 10.4. The van der Waals surface area contributed by atoms with E-state index in [4.69, 9.17) is 16.7 Å². The molecule has 0 saturated carbocycles. The average Bonchev–Trinajstić information content (AvgIpc) is 2.53. The van der Waals surface area contributed by atoms with Gasteiger partial charge in [0.05, 0.1) is 10.8 Å². The van der Waals surface area contributed by atoms with Crippen molar-refractivity contribution in [1.82, 2.24) is 0 Å². The van der Waals surface area contributed by atoms with E-state index in [1.54, 1.807) is 6.08 Å². The van der Waals surface area contributed by atoms with E-state index in [1.165, 1.54) is 11.3 Å². The number of hydrogen-bond donors (Lipinski definition) is 1.